The molecule has 1 atom stereocenters. The van der Waals surface area contributed by atoms with Crippen molar-refractivity contribution in [3.8, 4) is 10.7 Å². The average molecular weight is 317 g/mol. The highest BCUT2D eigenvalue weighted by molar-refractivity contribution is 7.13. The number of aromatic nitrogens is 2. The van der Waals surface area contributed by atoms with Crippen LogP contribution in [0.25, 0.3) is 10.7 Å². The summed E-state index contributed by atoms with van der Waals surface area (Å²) < 4.78 is 2.27. The summed E-state index contributed by atoms with van der Waals surface area (Å²) in [7, 11) is 4.27. The molecule has 0 fully saturated rings. The van der Waals surface area contributed by atoms with Crippen LogP contribution in [-0.4, -0.2) is 28.5 Å². The van der Waals surface area contributed by atoms with Crippen LogP contribution < -0.4 is 0 Å². The van der Waals surface area contributed by atoms with E-state index in [9.17, 15) is 0 Å². The van der Waals surface area contributed by atoms with E-state index in [0.717, 1.165) is 12.4 Å². The predicted molar refractivity (Wildman–Crippen MR) is 91.0 cm³/mol. The van der Waals surface area contributed by atoms with Crippen LogP contribution in [0, 0.1) is 6.92 Å². The monoisotopic (exact) mass is 317 g/mol. The summed E-state index contributed by atoms with van der Waals surface area (Å²) in [5, 5.41) is 4.27. The molecule has 3 nitrogen and oxygen atoms in total. The van der Waals surface area contributed by atoms with Crippen LogP contribution in [0.1, 0.15) is 16.5 Å². The van der Waals surface area contributed by atoms with E-state index in [1.54, 1.807) is 11.3 Å². The van der Waals surface area contributed by atoms with Gasteiger partial charge in [0.1, 0.15) is 5.82 Å². The molecular weight excluding hydrogens is 298 g/mol. The van der Waals surface area contributed by atoms with Crippen LogP contribution >= 0.6 is 22.7 Å². The fourth-order valence-electron chi connectivity index (χ4n) is 2.44. The van der Waals surface area contributed by atoms with Crippen LogP contribution in [0.15, 0.2) is 41.4 Å². The maximum absolute atomic E-state index is 4.57. The molecule has 0 aromatic carbocycles. The van der Waals surface area contributed by atoms with Gasteiger partial charge < -0.3 is 9.47 Å². The molecule has 0 aliphatic rings. The Kier molecular flexibility index (Phi) is 4.24. The largest absolute Gasteiger partial charge is 0.328 e. The van der Waals surface area contributed by atoms with E-state index in [-0.39, 0.29) is 0 Å². The second-order valence-corrected chi connectivity index (χ2v) is 7.23. The fourth-order valence-corrected chi connectivity index (χ4v) is 4.29. The standard InChI is InChI=1S/C16H19N3S2/c1-12-6-10-21-15(12)16-17-7-8-19(16)11-13(18(2)3)14-5-4-9-20-14/h4-10,13H,11H2,1-3H3. The van der Waals surface area contributed by atoms with E-state index in [1.165, 1.54) is 15.3 Å². The Morgan fingerprint density at radius 1 is 1.24 bits per heavy atom. The Hall–Kier alpha value is -1.43. The second kappa shape index (κ2) is 6.13. The van der Waals surface area contributed by atoms with Gasteiger partial charge in [-0.3, -0.25) is 0 Å². The van der Waals surface area contributed by atoms with E-state index in [2.05, 4.69) is 70.6 Å². The average Bonchev–Trinajstić information content (AvgIpc) is 3.16. The number of aryl methyl sites for hydroxylation is 1. The van der Waals surface area contributed by atoms with E-state index >= 15 is 0 Å². The summed E-state index contributed by atoms with van der Waals surface area (Å²) in [6.07, 6.45) is 3.98. The molecular formula is C16H19N3S2. The summed E-state index contributed by atoms with van der Waals surface area (Å²) in [5.74, 6) is 1.07. The molecule has 0 N–H and O–H groups in total. The number of thiophene rings is 2. The zero-order valence-electron chi connectivity index (χ0n) is 12.5. The minimum Gasteiger partial charge on any atom is -0.328 e. The summed E-state index contributed by atoms with van der Waals surface area (Å²) in [6, 6.07) is 6.86. The molecule has 3 rings (SSSR count). The molecule has 21 heavy (non-hydrogen) atoms. The fraction of sp³-hybridized carbons (Fsp3) is 0.312. The third-order valence-electron chi connectivity index (χ3n) is 3.65. The lowest BCUT2D eigenvalue weighted by atomic mass is 10.2. The third-order valence-corrected chi connectivity index (χ3v) is 5.63. The Morgan fingerprint density at radius 2 is 2.10 bits per heavy atom. The topological polar surface area (TPSA) is 21.1 Å². The Labute approximate surface area is 133 Å². The smallest absolute Gasteiger partial charge is 0.150 e. The van der Waals surface area contributed by atoms with Gasteiger partial charge in [0.25, 0.3) is 0 Å². The maximum atomic E-state index is 4.57. The number of rotatable bonds is 5. The van der Waals surface area contributed by atoms with Gasteiger partial charge in [0, 0.05) is 23.8 Å². The van der Waals surface area contributed by atoms with Crippen molar-refractivity contribution in [2.45, 2.75) is 19.5 Å². The van der Waals surface area contributed by atoms with E-state index in [1.807, 2.05) is 17.5 Å². The van der Waals surface area contributed by atoms with Crippen molar-refractivity contribution in [2.24, 2.45) is 0 Å². The highest BCUT2D eigenvalue weighted by Crippen LogP contribution is 2.30. The lowest BCUT2D eigenvalue weighted by molar-refractivity contribution is 0.274. The number of likely N-dealkylation sites (N-methyl/N-ethyl adjacent to an activating group) is 1. The summed E-state index contributed by atoms with van der Waals surface area (Å²) in [4.78, 5) is 9.50. The van der Waals surface area contributed by atoms with Crippen LogP contribution in [0.4, 0.5) is 0 Å². The van der Waals surface area contributed by atoms with Crippen molar-refractivity contribution in [3.63, 3.8) is 0 Å². The summed E-state index contributed by atoms with van der Waals surface area (Å²) >= 11 is 3.57. The zero-order chi connectivity index (χ0) is 14.8. The van der Waals surface area contributed by atoms with Crippen molar-refractivity contribution in [1.29, 1.82) is 0 Å². The SMILES string of the molecule is Cc1ccsc1-c1nccn1CC(c1cccs1)N(C)C. The molecule has 0 aliphatic heterocycles. The van der Waals surface area contributed by atoms with Crippen molar-refractivity contribution in [1.82, 2.24) is 14.5 Å². The van der Waals surface area contributed by atoms with Crippen molar-refractivity contribution < 1.29 is 0 Å². The van der Waals surface area contributed by atoms with Crippen LogP contribution in [0.5, 0.6) is 0 Å². The molecule has 5 heteroatoms. The minimum atomic E-state index is 0.373. The molecule has 3 aromatic rings. The van der Waals surface area contributed by atoms with Gasteiger partial charge in [-0.1, -0.05) is 6.07 Å². The number of hydrogen-bond donors (Lipinski definition) is 0. The molecule has 0 aliphatic carbocycles. The van der Waals surface area contributed by atoms with E-state index < -0.39 is 0 Å². The molecule has 0 spiro atoms. The summed E-state index contributed by atoms with van der Waals surface area (Å²) in [5.41, 5.74) is 1.30. The molecule has 0 saturated carbocycles. The highest BCUT2D eigenvalue weighted by Gasteiger charge is 2.18. The van der Waals surface area contributed by atoms with Gasteiger partial charge in [0.15, 0.2) is 0 Å². The first-order valence-corrected chi connectivity index (χ1v) is 8.68. The van der Waals surface area contributed by atoms with Crippen LogP contribution in [-0.2, 0) is 6.54 Å². The van der Waals surface area contributed by atoms with E-state index in [0.29, 0.717) is 6.04 Å². The van der Waals surface area contributed by atoms with Gasteiger partial charge in [-0.25, -0.2) is 4.98 Å². The Balaban J connectivity index is 1.92. The van der Waals surface area contributed by atoms with Gasteiger partial charge >= 0.3 is 0 Å². The van der Waals surface area contributed by atoms with Crippen LogP contribution in [0.3, 0.4) is 0 Å². The molecule has 0 radical (unpaired) electrons. The normalized spacial score (nSPS) is 13.0. The molecule has 0 amide bonds. The Morgan fingerprint density at radius 3 is 2.71 bits per heavy atom. The Bertz CT molecular complexity index is 695. The van der Waals surface area contributed by atoms with Gasteiger partial charge in [-0.2, -0.15) is 0 Å². The predicted octanol–water partition coefficient (Wildman–Crippen LogP) is 4.28. The number of nitrogens with zero attached hydrogens (tertiary/aromatic N) is 3. The lowest BCUT2D eigenvalue weighted by Crippen LogP contribution is -2.24. The molecule has 1 unspecified atom stereocenters. The molecule has 110 valence electrons. The van der Waals surface area contributed by atoms with Crippen molar-refractivity contribution >= 4 is 22.7 Å². The first-order valence-electron chi connectivity index (χ1n) is 6.92. The highest BCUT2D eigenvalue weighted by atomic mass is 32.1. The molecule has 0 bridgehead atoms. The van der Waals surface area contributed by atoms with Gasteiger partial charge in [-0.15, -0.1) is 22.7 Å². The van der Waals surface area contributed by atoms with E-state index in [4.69, 9.17) is 0 Å². The lowest BCUT2D eigenvalue weighted by Gasteiger charge is -2.24. The second-order valence-electron chi connectivity index (χ2n) is 5.33. The first kappa shape index (κ1) is 14.5. The summed E-state index contributed by atoms with van der Waals surface area (Å²) in [6.45, 7) is 3.06. The molecule has 3 aromatic heterocycles. The number of hydrogen-bond acceptors (Lipinski definition) is 4. The van der Waals surface area contributed by atoms with Gasteiger partial charge in [0.05, 0.1) is 10.9 Å². The first-order chi connectivity index (χ1) is 10.2. The quantitative estimate of drug-likeness (QED) is 0.700. The van der Waals surface area contributed by atoms with Gasteiger partial charge in [0.2, 0.25) is 0 Å². The van der Waals surface area contributed by atoms with Crippen molar-refractivity contribution in [2.75, 3.05) is 14.1 Å². The molecule has 3 heterocycles. The number of imidazole rings is 1. The van der Waals surface area contributed by atoms with Crippen molar-refractivity contribution in [3.05, 3.63) is 51.8 Å². The maximum Gasteiger partial charge on any atom is 0.150 e. The zero-order valence-corrected chi connectivity index (χ0v) is 14.1. The minimum absolute atomic E-state index is 0.373. The molecule has 0 saturated heterocycles. The van der Waals surface area contributed by atoms with Crippen LogP contribution in [0.2, 0.25) is 0 Å². The van der Waals surface area contributed by atoms with Gasteiger partial charge in [-0.05, 0) is 49.5 Å². The third kappa shape index (κ3) is 2.95.